The lowest BCUT2D eigenvalue weighted by Crippen LogP contribution is -2.42. The van der Waals surface area contributed by atoms with Crippen molar-refractivity contribution in [2.75, 3.05) is 39.3 Å². The van der Waals surface area contributed by atoms with Gasteiger partial charge in [0.1, 0.15) is 11.4 Å². The third-order valence-electron chi connectivity index (χ3n) is 18.5. The quantitative estimate of drug-likeness (QED) is 0.134. The summed E-state index contributed by atoms with van der Waals surface area (Å²) in [6, 6.07) is 0. The molecule has 11 nitrogen and oxygen atoms in total. The molecule has 3 saturated heterocycles. The first-order valence-corrected chi connectivity index (χ1v) is 32.9. The molecule has 6 fully saturated rings. The molecule has 0 radical (unpaired) electrons. The standard InChI is InChI=1S/C20H26F6N2O2S.C20H28F6N2OS.C18H20F6N2O2S/c1-2-14(29)16-15(18(30)28-9-7-13(8-10-28)20(24,25)26)27-17(31-16)11-3-5-12(6-4-11)19(21,22)23;1-2-16(29)17-15(11-28-9-7-14(8-10-28)20(24,25)26)27-18(30-17)12-3-5-13(6-4-12)19(21,22)23;19-17(20,21)11-3-1-10(2-4-11)15-25-14(13(9-27)29-15)16(28)26-7-5-12(6-8-26)18(22,23)24/h11-14,29H,2-10H2,1H3;12-14,16,29H,2-11H2,1H3;9-12H,1-8H2. The van der Waals surface area contributed by atoms with Gasteiger partial charge in [0.15, 0.2) is 6.29 Å². The Kier molecular flexibility index (Phi) is 24.7. The highest BCUT2D eigenvalue weighted by atomic mass is 32.1. The van der Waals surface area contributed by atoms with Gasteiger partial charge in [-0.15, -0.1) is 34.0 Å². The summed E-state index contributed by atoms with van der Waals surface area (Å²) in [7, 11) is 0. The van der Waals surface area contributed by atoms with Crippen LogP contribution in [0.2, 0.25) is 0 Å². The van der Waals surface area contributed by atoms with E-state index in [1.165, 1.54) is 21.1 Å². The van der Waals surface area contributed by atoms with E-state index >= 15 is 0 Å². The molecule has 3 saturated carbocycles. The maximum atomic E-state index is 13.0. The predicted octanol–water partition coefficient (Wildman–Crippen LogP) is 17.2. The maximum Gasteiger partial charge on any atom is 0.391 e. The number of rotatable bonds is 12. The fourth-order valence-corrected chi connectivity index (χ4v) is 16.4. The monoisotopic (exact) mass is 1370 g/mol. The number of aldehydes is 1. The topological polar surface area (TPSA) is 140 Å². The Labute approximate surface area is 520 Å². The Morgan fingerprint density at radius 1 is 0.433 bits per heavy atom. The number of amides is 2. The minimum Gasteiger partial charge on any atom is -0.388 e. The van der Waals surface area contributed by atoms with Crippen LogP contribution >= 0.6 is 34.0 Å². The van der Waals surface area contributed by atoms with Crippen molar-refractivity contribution in [1.29, 1.82) is 0 Å². The van der Waals surface area contributed by atoms with Crippen molar-refractivity contribution in [3.63, 3.8) is 0 Å². The van der Waals surface area contributed by atoms with Crippen molar-refractivity contribution < 1.29 is 104 Å². The summed E-state index contributed by atoms with van der Waals surface area (Å²) in [5, 5.41) is 22.5. The van der Waals surface area contributed by atoms with E-state index in [9.17, 15) is 104 Å². The van der Waals surface area contributed by atoms with Gasteiger partial charge in [0.05, 0.1) is 83.1 Å². The zero-order valence-electron chi connectivity index (χ0n) is 49.4. The number of hydrogen-bond acceptors (Lipinski definition) is 12. The number of thiazole rings is 3. The number of aromatic nitrogens is 3. The minimum atomic E-state index is -4.30. The van der Waals surface area contributed by atoms with Crippen molar-refractivity contribution >= 4 is 52.1 Å². The van der Waals surface area contributed by atoms with Crippen LogP contribution < -0.4 is 0 Å². The second kappa shape index (κ2) is 30.2. The molecule has 6 aliphatic rings. The average Bonchev–Trinajstić information content (AvgIpc) is 1.88. The molecule has 2 N–H and O–H groups in total. The Bertz CT molecular complexity index is 2790. The molecular weight excluding hydrogens is 1300 g/mol. The van der Waals surface area contributed by atoms with Gasteiger partial charge < -0.3 is 20.0 Å². The van der Waals surface area contributed by atoms with E-state index in [2.05, 4.69) is 15.0 Å². The van der Waals surface area contributed by atoms with E-state index in [-0.39, 0.29) is 150 Å². The SMILES string of the molecule is CCC(O)c1sc(C2CCC(C(F)(F)F)CC2)nc1C(=O)N1CCC(C(F)(F)F)CC1.CCC(O)c1sc(C2CCC(C(F)(F)F)CC2)nc1CN1CCC(C(F)(F)F)CC1.O=Cc1sc(C2CCC(C(F)(F)F)CC2)nc1C(=O)N1CCC(C(F)(F)F)CC1. The molecule has 3 aliphatic heterocycles. The number of likely N-dealkylation sites (tertiary alicyclic amines) is 3. The van der Waals surface area contributed by atoms with Crippen molar-refractivity contribution in [3.8, 4) is 0 Å². The number of aliphatic hydroxyl groups excluding tert-OH is 2. The van der Waals surface area contributed by atoms with Gasteiger partial charge in [-0.05, 0) is 142 Å². The van der Waals surface area contributed by atoms with Gasteiger partial charge in [-0.2, -0.15) is 79.0 Å². The number of piperidine rings is 3. The van der Waals surface area contributed by atoms with Crippen LogP contribution in [-0.4, -0.2) is 134 Å². The number of carbonyl (C=O) groups excluding carboxylic acids is 3. The average molecular weight is 1370 g/mol. The molecule has 32 heteroatoms. The zero-order valence-corrected chi connectivity index (χ0v) is 51.8. The highest BCUT2D eigenvalue weighted by Gasteiger charge is 2.48. The third-order valence-corrected chi connectivity index (χ3v) is 22.3. The van der Waals surface area contributed by atoms with Crippen molar-refractivity contribution in [2.24, 2.45) is 35.5 Å². The Morgan fingerprint density at radius 2 is 0.722 bits per heavy atom. The first-order chi connectivity index (χ1) is 41.9. The molecule has 2 unspecified atom stereocenters. The Balaban J connectivity index is 0.000000192. The van der Waals surface area contributed by atoms with Gasteiger partial charge in [0.25, 0.3) is 11.8 Å². The maximum absolute atomic E-state index is 13.0. The van der Waals surface area contributed by atoms with Crippen LogP contribution in [0.1, 0.15) is 233 Å². The van der Waals surface area contributed by atoms with Crippen molar-refractivity contribution in [2.45, 2.75) is 216 Å². The van der Waals surface area contributed by atoms with Crippen molar-refractivity contribution in [3.05, 3.63) is 46.7 Å². The predicted molar refractivity (Wildman–Crippen MR) is 298 cm³/mol. The molecule has 0 aromatic carbocycles. The smallest absolute Gasteiger partial charge is 0.388 e. The van der Waals surface area contributed by atoms with Gasteiger partial charge in [0, 0.05) is 50.5 Å². The minimum absolute atomic E-state index is 0.00630. The molecule has 0 spiro atoms. The van der Waals surface area contributed by atoms with Crippen LogP contribution in [-0.2, 0) is 6.54 Å². The van der Waals surface area contributed by atoms with Crippen LogP contribution in [0.25, 0.3) is 0 Å². The van der Waals surface area contributed by atoms with Crippen LogP contribution in [0.4, 0.5) is 79.0 Å². The first kappa shape index (κ1) is 73.5. The lowest BCUT2D eigenvalue weighted by molar-refractivity contribution is -0.185. The molecule has 2 amide bonds. The summed E-state index contributed by atoms with van der Waals surface area (Å²) < 4.78 is 232. The van der Waals surface area contributed by atoms with Gasteiger partial charge in [-0.25, -0.2) is 15.0 Å². The second-order valence-corrected chi connectivity index (χ2v) is 27.6. The van der Waals surface area contributed by atoms with E-state index in [0.29, 0.717) is 89.9 Å². The molecule has 0 bridgehead atoms. The number of halogens is 18. The van der Waals surface area contributed by atoms with Gasteiger partial charge in [-0.1, -0.05) is 13.8 Å². The summed E-state index contributed by atoms with van der Waals surface area (Å²) in [5.41, 5.74) is 0.578. The fraction of sp³-hybridized carbons (Fsp3) is 0.793. The van der Waals surface area contributed by atoms with E-state index < -0.39 is 96.6 Å². The van der Waals surface area contributed by atoms with E-state index in [0.717, 1.165) is 27.7 Å². The molecule has 6 heterocycles. The van der Waals surface area contributed by atoms with Gasteiger partial charge in [-0.3, -0.25) is 19.3 Å². The van der Waals surface area contributed by atoms with E-state index in [1.54, 1.807) is 6.92 Å². The lowest BCUT2D eigenvalue weighted by atomic mass is 9.82. The molecular formula is C58H74F18N6O5S3. The van der Waals surface area contributed by atoms with Crippen LogP contribution in [0.15, 0.2) is 0 Å². The van der Waals surface area contributed by atoms with E-state index in [4.69, 9.17) is 0 Å². The summed E-state index contributed by atoms with van der Waals surface area (Å²) in [6.45, 7) is 4.30. The summed E-state index contributed by atoms with van der Waals surface area (Å²) in [4.78, 5) is 56.0. The molecule has 90 heavy (non-hydrogen) atoms. The van der Waals surface area contributed by atoms with Crippen molar-refractivity contribution in [1.82, 2.24) is 29.7 Å². The normalized spacial score (nSPS) is 25.2. The van der Waals surface area contributed by atoms with Crippen LogP contribution in [0, 0.1) is 35.5 Å². The second-order valence-electron chi connectivity index (χ2n) is 24.4. The highest BCUT2D eigenvalue weighted by molar-refractivity contribution is 7.13. The fourth-order valence-electron chi connectivity index (χ4n) is 12.7. The Hall–Kier alpha value is -3.88. The lowest BCUT2D eigenvalue weighted by Gasteiger charge is -2.32. The number of nitrogens with zero attached hydrogens (tertiary/aromatic N) is 6. The summed E-state index contributed by atoms with van der Waals surface area (Å²) in [6.07, 6.45) is -24.4. The van der Waals surface area contributed by atoms with Crippen LogP contribution in [0.5, 0.6) is 0 Å². The van der Waals surface area contributed by atoms with Gasteiger partial charge >= 0.3 is 37.1 Å². The molecule has 9 rings (SSSR count). The van der Waals surface area contributed by atoms with Gasteiger partial charge in [0.2, 0.25) is 0 Å². The number of hydrogen-bond donors (Lipinski definition) is 2. The molecule has 510 valence electrons. The Morgan fingerprint density at radius 3 is 1.07 bits per heavy atom. The number of aliphatic hydroxyl groups is 2. The largest absolute Gasteiger partial charge is 0.391 e. The summed E-state index contributed by atoms with van der Waals surface area (Å²) in [5.74, 6) is -9.75. The molecule has 3 aliphatic carbocycles. The first-order valence-electron chi connectivity index (χ1n) is 30.4. The van der Waals surface area contributed by atoms with Crippen LogP contribution in [0.3, 0.4) is 0 Å². The highest BCUT2D eigenvalue weighted by Crippen LogP contribution is 2.49. The molecule has 2 atom stereocenters. The molecule has 3 aromatic rings. The molecule has 3 aromatic heterocycles. The number of carbonyl (C=O) groups is 3. The number of alkyl halides is 18. The zero-order chi connectivity index (χ0) is 66.5. The summed E-state index contributed by atoms with van der Waals surface area (Å²) >= 11 is 3.47. The van der Waals surface area contributed by atoms with E-state index in [1.807, 2.05) is 11.8 Å². The third kappa shape index (κ3) is 19.2.